The van der Waals surface area contributed by atoms with Crippen molar-refractivity contribution in [3.05, 3.63) is 59.2 Å². The van der Waals surface area contributed by atoms with Gasteiger partial charge in [0.1, 0.15) is 0 Å². The summed E-state index contributed by atoms with van der Waals surface area (Å²) in [5.74, 6) is 0.678. The van der Waals surface area contributed by atoms with E-state index in [1.54, 1.807) is 26.0 Å². The number of urea groups is 1. The van der Waals surface area contributed by atoms with E-state index in [4.69, 9.17) is 18.9 Å². The summed E-state index contributed by atoms with van der Waals surface area (Å²) in [6.45, 7) is 3.54. The number of ether oxygens (including phenoxy) is 4. The SMILES string of the molecule is COc1cc(C2NC(=O)NC(c3ccccc3)=C2C(=O)OC(C)C)cc(OC)c1OC. The van der Waals surface area contributed by atoms with Crippen molar-refractivity contribution in [2.24, 2.45) is 0 Å². The van der Waals surface area contributed by atoms with E-state index in [-0.39, 0.29) is 11.7 Å². The summed E-state index contributed by atoms with van der Waals surface area (Å²) in [6, 6.07) is 11.3. The molecule has 0 radical (unpaired) electrons. The third-order valence-electron chi connectivity index (χ3n) is 4.72. The van der Waals surface area contributed by atoms with Gasteiger partial charge in [-0.15, -0.1) is 0 Å². The molecule has 1 aliphatic rings. The first-order valence-corrected chi connectivity index (χ1v) is 9.77. The van der Waals surface area contributed by atoms with Gasteiger partial charge in [-0.1, -0.05) is 30.3 Å². The molecule has 0 fully saturated rings. The van der Waals surface area contributed by atoms with Gasteiger partial charge in [-0.2, -0.15) is 0 Å². The Kier molecular flexibility index (Phi) is 6.69. The number of benzene rings is 2. The summed E-state index contributed by atoms with van der Waals surface area (Å²) in [5.41, 5.74) is 1.92. The number of esters is 1. The number of hydrogen-bond donors (Lipinski definition) is 2. The van der Waals surface area contributed by atoms with Crippen molar-refractivity contribution >= 4 is 17.7 Å². The van der Waals surface area contributed by atoms with Crippen LogP contribution in [0.5, 0.6) is 17.2 Å². The third kappa shape index (κ3) is 4.58. The van der Waals surface area contributed by atoms with E-state index in [1.807, 2.05) is 30.3 Å². The molecule has 0 aliphatic carbocycles. The van der Waals surface area contributed by atoms with Gasteiger partial charge in [-0.25, -0.2) is 9.59 Å². The van der Waals surface area contributed by atoms with Gasteiger partial charge in [-0.05, 0) is 37.1 Å². The number of rotatable bonds is 7. The topological polar surface area (TPSA) is 95.1 Å². The van der Waals surface area contributed by atoms with Gasteiger partial charge >= 0.3 is 12.0 Å². The second-order valence-corrected chi connectivity index (χ2v) is 7.10. The third-order valence-corrected chi connectivity index (χ3v) is 4.72. The lowest BCUT2D eigenvalue weighted by Crippen LogP contribution is -2.45. The van der Waals surface area contributed by atoms with E-state index in [9.17, 15) is 9.59 Å². The van der Waals surface area contributed by atoms with Crippen molar-refractivity contribution in [1.29, 1.82) is 0 Å². The number of carbonyl (C=O) groups excluding carboxylic acids is 2. The van der Waals surface area contributed by atoms with Crippen molar-refractivity contribution in [2.45, 2.75) is 26.0 Å². The first-order chi connectivity index (χ1) is 14.9. The minimum absolute atomic E-state index is 0.272. The largest absolute Gasteiger partial charge is 0.493 e. The van der Waals surface area contributed by atoms with Crippen LogP contribution in [0.2, 0.25) is 0 Å². The van der Waals surface area contributed by atoms with Crippen LogP contribution in [0.3, 0.4) is 0 Å². The number of amides is 2. The standard InChI is InChI=1S/C23H26N2O6/c1-13(2)31-22(26)18-19(14-9-7-6-8-10-14)24-23(27)25-20(18)15-11-16(28-3)21(30-5)17(12-15)29-4/h6-13,20H,1-5H3,(H2,24,25,27). The quantitative estimate of drug-likeness (QED) is 0.659. The Balaban J connectivity index is 2.24. The van der Waals surface area contributed by atoms with Crippen molar-refractivity contribution in [3.8, 4) is 17.2 Å². The number of nitrogens with one attached hydrogen (secondary N) is 2. The van der Waals surface area contributed by atoms with E-state index in [2.05, 4.69) is 10.6 Å². The average Bonchev–Trinajstić information content (AvgIpc) is 2.77. The van der Waals surface area contributed by atoms with Crippen LogP contribution in [0.15, 0.2) is 48.0 Å². The van der Waals surface area contributed by atoms with Crippen molar-refractivity contribution in [2.75, 3.05) is 21.3 Å². The molecule has 0 bridgehead atoms. The highest BCUT2D eigenvalue weighted by molar-refractivity contribution is 6.04. The molecule has 2 aromatic carbocycles. The normalized spacial score (nSPS) is 15.8. The van der Waals surface area contributed by atoms with Gasteiger partial charge in [-0.3, -0.25) is 0 Å². The molecule has 1 unspecified atom stereocenters. The molecule has 8 heteroatoms. The lowest BCUT2D eigenvalue weighted by atomic mass is 9.92. The Bertz CT molecular complexity index is 975. The Morgan fingerprint density at radius 1 is 0.968 bits per heavy atom. The molecule has 0 saturated heterocycles. The molecule has 2 amide bonds. The molecule has 1 aliphatic heterocycles. The Morgan fingerprint density at radius 2 is 1.58 bits per heavy atom. The van der Waals surface area contributed by atoms with Crippen LogP contribution in [0.1, 0.15) is 31.0 Å². The highest BCUT2D eigenvalue weighted by Crippen LogP contribution is 2.42. The Labute approximate surface area is 181 Å². The van der Waals surface area contributed by atoms with Gasteiger partial charge in [0.15, 0.2) is 11.5 Å². The average molecular weight is 426 g/mol. The van der Waals surface area contributed by atoms with Crippen LogP contribution < -0.4 is 24.8 Å². The van der Waals surface area contributed by atoms with Gasteiger partial charge in [0.25, 0.3) is 0 Å². The van der Waals surface area contributed by atoms with E-state index in [0.717, 1.165) is 0 Å². The first kappa shape index (κ1) is 22.0. The van der Waals surface area contributed by atoms with Crippen molar-refractivity contribution < 1.29 is 28.5 Å². The second-order valence-electron chi connectivity index (χ2n) is 7.10. The zero-order chi connectivity index (χ0) is 22.5. The van der Waals surface area contributed by atoms with Gasteiger partial charge in [0.05, 0.1) is 44.7 Å². The molecule has 8 nitrogen and oxygen atoms in total. The van der Waals surface area contributed by atoms with Crippen molar-refractivity contribution in [3.63, 3.8) is 0 Å². The molecule has 0 aromatic heterocycles. The summed E-state index contributed by atoms with van der Waals surface area (Å²) in [7, 11) is 4.51. The fourth-order valence-corrected chi connectivity index (χ4v) is 3.41. The lowest BCUT2D eigenvalue weighted by molar-refractivity contribution is -0.143. The summed E-state index contributed by atoms with van der Waals surface area (Å²) in [4.78, 5) is 25.7. The number of hydrogen-bond acceptors (Lipinski definition) is 6. The fourth-order valence-electron chi connectivity index (χ4n) is 3.41. The van der Waals surface area contributed by atoms with Crippen LogP contribution >= 0.6 is 0 Å². The van der Waals surface area contributed by atoms with Gasteiger partial charge in [0.2, 0.25) is 5.75 Å². The van der Waals surface area contributed by atoms with E-state index in [0.29, 0.717) is 34.1 Å². The fraction of sp³-hybridized carbons (Fsp3) is 0.304. The predicted molar refractivity (Wildman–Crippen MR) is 115 cm³/mol. The molecule has 0 spiro atoms. The minimum Gasteiger partial charge on any atom is -0.493 e. The zero-order valence-electron chi connectivity index (χ0n) is 18.1. The van der Waals surface area contributed by atoms with E-state index in [1.165, 1.54) is 21.3 Å². The van der Waals surface area contributed by atoms with Crippen LogP contribution in [-0.4, -0.2) is 39.4 Å². The zero-order valence-corrected chi connectivity index (χ0v) is 18.1. The smallest absolute Gasteiger partial charge is 0.338 e. The molecular weight excluding hydrogens is 400 g/mol. The maximum Gasteiger partial charge on any atom is 0.338 e. The van der Waals surface area contributed by atoms with Crippen LogP contribution in [0.4, 0.5) is 4.79 Å². The highest BCUT2D eigenvalue weighted by atomic mass is 16.5. The van der Waals surface area contributed by atoms with Crippen LogP contribution in [0.25, 0.3) is 5.70 Å². The molecule has 2 aromatic rings. The number of methoxy groups -OCH3 is 3. The van der Waals surface area contributed by atoms with E-state index < -0.39 is 18.0 Å². The molecule has 1 heterocycles. The number of carbonyl (C=O) groups is 2. The van der Waals surface area contributed by atoms with Gasteiger partial charge < -0.3 is 29.6 Å². The van der Waals surface area contributed by atoms with Crippen LogP contribution in [-0.2, 0) is 9.53 Å². The maximum atomic E-state index is 13.2. The second kappa shape index (κ2) is 9.42. The monoisotopic (exact) mass is 426 g/mol. The predicted octanol–water partition coefficient (Wildman–Crippen LogP) is 3.43. The summed E-state index contributed by atoms with van der Waals surface area (Å²) >= 11 is 0. The Morgan fingerprint density at radius 3 is 2.10 bits per heavy atom. The van der Waals surface area contributed by atoms with Crippen molar-refractivity contribution in [1.82, 2.24) is 10.6 Å². The first-order valence-electron chi connectivity index (χ1n) is 9.77. The summed E-state index contributed by atoms with van der Waals surface area (Å²) in [5, 5.41) is 5.57. The molecule has 1 atom stereocenters. The Hall–Kier alpha value is -3.68. The molecular formula is C23H26N2O6. The molecule has 164 valence electrons. The minimum atomic E-state index is -0.802. The summed E-state index contributed by atoms with van der Waals surface area (Å²) < 4.78 is 21.8. The molecule has 0 saturated carbocycles. The van der Waals surface area contributed by atoms with Crippen LogP contribution in [0, 0.1) is 0 Å². The highest BCUT2D eigenvalue weighted by Gasteiger charge is 2.35. The molecule has 3 rings (SSSR count). The van der Waals surface area contributed by atoms with Gasteiger partial charge in [0, 0.05) is 0 Å². The molecule has 2 N–H and O–H groups in total. The molecule has 31 heavy (non-hydrogen) atoms. The van der Waals surface area contributed by atoms with E-state index >= 15 is 0 Å². The summed E-state index contributed by atoms with van der Waals surface area (Å²) in [6.07, 6.45) is -0.338. The lowest BCUT2D eigenvalue weighted by Gasteiger charge is -2.30. The maximum absolute atomic E-state index is 13.2.